The minimum absolute atomic E-state index is 0.0367. The van der Waals surface area contributed by atoms with Gasteiger partial charge >= 0.3 is 6.18 Å². The summed E-state index contributed by atoms with van der Waals surface area (Å²) in [5, 5.41) is 0. The Hall–Kier alpha value is -1.37. The highest BCUT2D eigenvalue weighted by atomic mass is 19.4. The predicted molar refractivity (Wildman–Crippen MR) is 65.2 cm³/mol. The van der Waals surface area contributed by atoms with Gasteiger partial charge in [0.15, 0.2) is 0 Å². The van der Waals surface area contributed by atoms with E-state index in [0.717, 1.165) is 12.1 Å². The van der Waals surface area contributed by atoms with E-state index in [4.69, 9.17) is 5.73 Å². The first-order chi connectivity index (χ1) is 9.24. The van der Waals surface area contributed by atoms with E-state index < -0.39 is 29.8 Å². The molecule has 0 spiro atoms. The second-order valence-electron chi connectivity index (χ2n) is 5.07. The lowest BCUT2D eigenvalue weighted by molar-refractivity contribution is -0.196. The van der Waals surface area contributed by atoms with Gasteiger partial charge in [0.1, 0.15) is 11.6 Å². The lowest BCUT2D eigenvalue weighted by Gasteiger charge is -2.43. The summed E-state index contributed by atoms with van der Waals surface area (Å²) in [6.07, 6.45) is -4.41. The van der Waals surface area contributed by atoms with Crippen LogP contribution in [0.3, 0.4) is 0 Å². The molecule has 0 radical (unpaired) electrons. The third-order valence-electron chi connectivity index (χ3n) is 3.84. The van der Waals surface area contributed by atoms with Gasteiger partial charge in [-0.3, -0.25) is 0 Å². The van der Waals surface area contributed by atoms with Crippen molar-refractivity contribution in [1.82, 2.24) is 0 Å². The van der Waals surface area contributed by atoms with Gasteiger partial charge in [0.25, 0.3) is 0 Å². The van der Waals surface area contributed by atoms with E-state index in [9.17, 15) is 22.0 Å². The molecule has 112 valence electrons. The van der Waals surface area contributed by atoms with Crippen molar-refractivity contribution >= 4 is 5.69 Å². The lowest BCUT2D eigenvalue weighted by atomic mass is 9.79. The van der Waals surface area contributed by atoms with E-state index in [1.165, 1.54) is 11.9 Å². The largest absolute Gasteiger partial charge is 0.391 e. The number of anilines is 1. The fourth-order valence-corrected chi connectivity index (χ4v) is 2.37. The van der Waals surface area contributed by atoms with Gasteiger partial charge in [-0.1, -0.05) is 0 Å². The summed E-state index contributed by atoms with van der Waals surface area (Å²) >= 11 is 0. The summed E-state index contributed by atoms with van der Waals surface area (Å²) in [4.78, 5) is 1.36. The molecule has 0 heterocycles. The van der Waals surface area contributed by atoms with Crippen molar-refractivity contribution in [2.75, 3.05) is 11.9 Å². The van der Waals surface area contributed by atoms with Crippen LogP contribution in [0, 0.1) is 17.6 Å². The van der Waals surface area contributed by atoms with E-state index in [0.29, 0.717) is 0 Å². The first-order valence-electron chi connectivity index (χ1n) is 6.21. The van der Waals surface area contributed by atoms with E-state index in [1.807, 2.05) is 0 Å². The molecule has 2 rings (SSSR count). The monoisotopic (exact) mass is 294 g/mol. The molecule has 1 aliphatic carbocycles. The molecule has 1 fully saturated rings. The van der Waals surface area contributed by atoms with Crippen LogP contribution in [0.25, 0.3) is 0 Å². The molecule has 20 heavy (non-hydrogen) atoms. The summed E-state index contributed by atoms with van der Waals surface area (Å²) in [7, 11) is 1.47. The first-order valence-corrected chi connectivity index (χ1v) is 6.21. The number of alkyl halides is 3. The van der Waals surface area contributed by atoms with Gasteiger partial charge in [0, 0.05) is 31.3 Å². The van der Waals surface area contributed by atoms with Crippen LogP contribution >= 0.6 is 0 Å². The highest BCUT2D eigenvalue weighted by Crippen LogP contribution is 2.44. The number of nitrogens with two attached hydrogens (primary N) is 1. The number of rotatable bonds is 3. The molecule has 0 amide bonds. The van der Waals surface area contributed by atoms with Crippen LogP contribution in [0.2, 0.25) is 0 Å². The number of benzene rings is 1. The van der Waals surface area contributed by atoms with Gasteiger partial charge in [0.05, 0.1) is 11.6 Å². The van der Waals surface area contributed by atoms with Crippen LogP contribution in [-0.4, -0.2) is 19.3 Å². The van der Waals surface area contributed by atoms with Gasteiger partial charge in [-0.15, -0.1) is 0 Å². The van der Waals surface area contributed by atoms with Crippen molar-refractivity contribution in [3.63, 3.8) is 0 Å². The minimum atomic E-state index is -4.22. The Kier molecular flexibility index (Phi) is 3.90. The molecule has 0 unspecified atom stereocenters. The van der Waals surface area contributed by atoms with Gasteiger partial charge in [0.2, 0.25) is 0 Å². The van der Waals surface area contributed by atoms with E-state index in [1.54, 1.807) is 0 Å². The quantitative estimate of drug-likeness (QED) is 0.867. The summed E-state index contributed by atoms with van der Waals surface area (Å²) in [6, 6.07) is 1.54. The van der Waals surface area contributed by atoms with E-state index in [-0.39, 0.29) is 30.6 Å². The molecule has 0 saturated heterocycles. The summed E-state index contributed by atoms with van der Waals surface area (Å²) in [6.45, 7) is -0.133. The molecular weight excluding hydrogens is 279 g/mol. The number of nitrogens with zero attached hydrogens (tertiary/aromatic N) is 1. The predicted octanol–water partition coefficient (Wildman–Crippen LogP) is 3.20. The highest BCUT2D eigenvalue weighted by Gasteiger charge is 2.49. The molecule has 0 bridgehead atoms. The molecule has 1 aromatic carbocycles. The fourth-order valence-electron chi connectivity index (χ4n) is 2.37. The highest BCUT2D eigenvalue weighted by molar-refractivity contribution is 5.50. The third-order valence-corrected chi connectivity index (χ3v) is 3.84. The Morgan fingerprint density at radius 1 is 1.20 bits per heavy atom. The maximum absolute atomic E-state index is 13.8. The SMILES string of the molecule is CN(c1cc(F)c(CN)cc1F)[C@H]1C[C@@H](C(F)(F)F)C1. The summed E-state index contributed by atoms with van der Waals surface area (Å²) in [5.41, 5.74) is 5.27. The van der Waals surface area contributed by atoms with Crippen LogP contribution in [-0.2, 0) is 6.54 Å². The van der Waals surface area contributed by atoms with Gasteiger partial charge < -0.3 is 10.6 Å². The molecular formula is C13H15F5N2. The number of hydrogen-bond acceptors (Lipinski definition) is 2. The molecule has 7 heteroatoms. The maximum Gasteiger partial charge on any atom is 0.391 e. The molecule has 1 aliphatic rings. The van der Waals surface area contributed by atoms with Crippen molar-refractivity contribution < 1.29 is 22.0 Å². The Balaban J connectivity index is 2.12. The van der Waals surface area contributed by atoms with Crippen LogP contribution < -0.4 is 10.6 Å². The molecule has 2 nitrogen and oxygen atoms in total. The Labute approximate surface area is 113 Å². The molecule has 0 aromatic heterocycles. The molecule has 0 aliphatic heterocycles. The molecule has 1 aromatic rings. The average Bonchev–Trinajstić information content (AvgIpc) is 2.27. The Morgan fingerprint density at radius 3 is 2.30 bits per heavy atom. The van der Waals surface area contributed by atoms with Gasteiger partial charge in [-0.05, 0) is 18.9 Å². The standard InChI is InChI=1S/C13H15F5N2/c1-20(9-3-8(4-9)13(16,17)18)12-5-10(14)7(6-19)2-11(12)15/h2,5,8-9H,3-4,6,19H2,1H3/t8-,9+. The molecule has 2 N–H and O–H groups in total. The van der Waals surface area contributed by atoms with Crippen molar-refractivity contribution in [2.24, 2.45) is 11.7 Å². The zero-order valence-electron chi connectivity index (χ0n) is 10.8. The fraction of sp³-hybridized carbons (Fsp3) is 0.538. The van der Waals surface area contributed by atoms with Crippen LogP contribution in [0.5, 0.6) is 0 Å². The van der Waals surface area contributed by atoms with Crippen LogP contribution in [0.1, 0.15) is 18.4 Å². The Morgan fingerprint density at radius 2 is 1.80 bits per heavy atom. The molecule has 1 saturated carbocycles. The zero-order valence-corrected chi connectivity index (χ0v) is 10.8. The smallest absolute Gasteiger partial charge is 0.369 e. The second-order valence-corrected chi connectivity index (χ2v) is 5.07. The van der Waals surface area contributed by atoms with E-state index in [2.05, 4.69) is 0 Å². The zero-order chi connectivity index (χ0) is 15.1. The topological polar surface area (TPSA) is 29.3 Å². The number of halogens is 5. The first kappa shape index (κ1) is 15.0. The van der Waals surface area contributed by atoms with Crippen LogP contribution in [0.15, 0.2) is 12.1 Å². The summed E-state index contributed by atoms with van der Waals surface area (Å²) < 4.78 is 64.7. The molecule has 0 atom stereocenters. The van der Waals surface area contributed by atoms with Crippen molar-refractivity contribution in [1.29, 1.82) is 0 Å². The minimum Gasteiger partial charge on any atom is -0.369 e. The normalized spacial score (nSPS) is 22.6. The Bertz CT molecular complexity index is 494. The lowest BCUT2D eigenvalue weighted by Crippen LogP contribution is -2.48. The van der Waals surface area contributed by atoms with Crippen LogP contribution in [0.4, 0.5) is 27.6 Å². The second kappa shape index (κ2) is 5.20. The van der Waals surface area contributed by atoms with Gasteiger partial charge in [-0.25, -0.2) is 8.78 Å². The average molecular weight is 294 g/mol. The van der Waals surface area contributed by atoms with Gasteiger partial charge in [-0.2, -0.15) is 13.2 Å². The van der Waals surface area contributed by atoms with Crippen molar-refractivity contribution in [3.05, 3.63) is 29.3 Å². The number of hydrogen-bond donors (Lipinski definition) is 1. The van der Waals surface area contributed by atoms with E-state index >= 15 is 0 Å². The maximum atomic E-state index is 13.8. The van der Waals surface area contributed by atoms with Crippen molar-refractivity contribution in [3.8, 4) is 0 Å². The summed E-state index contributed by atoms with van der Waals surface area (Å²) in [5.74, 6) is -2.68. The van der Waals surface area contributed by atoms with Crippen molar-refractivity contribution in [2.45, 2.75) is 31.6 Å². The third kappa shape index (κ3) is 2.72.